The van der Waals surface area contributed by atoms with Crippen molar-refractivity contribution < 1.29 is 9.53 Å². The van der Waals surface area contributed by atoms with E-state index in [1.807, 2.05) is 48.7 Å². The van der Waals surface area contributed by atoms with Crippen LogP contribution >= 0.6 is 0 Å². The Morgan fingerprint density at radius 3 is 2.80 bits per heavy atom. The predicted molar refractivity (Wildman–Crippen MR) is 77.9 cm³/mol. The fraction of sp³-hybridized carbons (Fsp3) is 0.250. The highest BCUT2D eigenvalue weighted by atomic mass is 16.5. The van der Waals surface area contributed by atoms with E-state index in [-0.39, 0.29) is 12.6 Å². The van der Waals surface area contributed by atoms with Crippen molar-refractivity contribution in [3.63, 3.8) is 0 Å². The zero-order chi connectivity index (χ0) is 14.4. The van der Waals surface area contributed by atoms with Crippen molar-refractivity contribution in [2.45, 2.75) is 27.0 Å². The number of esters is 1. The van der Waals surface area contributed by atoms with E-state index in [1.54, 1.807) is 12.3 Å². The minimum atomic E-state index is -0.352. The van der Waals surface area contributed by atoms with E-state index in [0.29, 0.717) is 0 Å². The fourth-order valence-electron chi connectivity index (χ4n) is 1.96. The Labute approximate surface area is 118 Å². The maximum Gasteiger partial charge on any atom is 0.331 e. The molecular weight excluding hydrogens is 252 g/mol. The molecule has 0 fully saturated rings. The van der Waals surface area contributed by atoms with E-state index in [9.17, 15) is 4.79 Å². The van der Waals surface area contributed by atoms with E-state index < -0.39 is 0 Å². The highest BCUT2D eigenvalue weighted by Gasteiger charge is 2.03. The monoisotopic (exact) mass is 270 g/mol. The molecule has 0 amide bonds. The molecule has 0 N–H and O–H groups in total. The van der Waals surface area contributed by atoms with Crippen LogP contribution in [0.25, 0.3) is 6.08 Å². The van der Waals surface area contributed by atoms with Gasteiger partial charge in [-0.05, 0) is 25.5 Å². The lowest BCUT2D eigenvalue weighted by Gasteiger charge is -2.03. The minimum absolute atomic E-state index is 0.288. The molecule has 4 heteroatoms. The maximum atomic E-state index is 11.7. The van der Waals surface area contributed by atoms with E-state index >= 15 is 0 Å². The zero-order valence-electron chi connectivity index (χ0n) is 11.7. The number of rotatable bonds is 5. The van der Waals surface area contributed by atoms with Crippen LogP contribution in [0, 0.1) is 6.92 Å². The lowest BCUT2D eigenvalue weighted by molar-refractivity contribution is -0.138. The number of carbonyl (C=O) groups is 1. The van der Waals surface area contributed by atoms with Crippen molar-refractivity contribution in [1.82, 2.24) is 9.55 Å². The van der Waals surface area contributed by atoms with Crippen LogP contribution in [-0.4, -0.2) is 15.5 Å². The molecule has 0 unspecified atom stereocenters. The third-order valence-corrected chi connectivity index (χ3v) is 3.02. The van der Waals surface area contributed by atoms with Crippen LogP contribution in [0.15, 0.2) is 42.6 Å². The number of imidazole rings is 1. The van der Waals surface area contributed by atoms with Crippen LogP contribution in [0.1, 0.15) is 24.0 Å². The molecule has 4 nitrogen and oxygen atoms in total. The average Bonchev–Trinajstić information content (AvgIpc) is 2.84. The van der Waals surface area contributed by atoms with Crippen molar-refractivity contribution in [3.05, 3.63) is 59.7 Å². The maximum absolute atomic E-state index is 11.7. The number of nitrogens with zero attached hydrogens (tertiary/aromatic N) is 2. The Bertz CT molecular complexity index is 600. The second kappa shape index (κ2) is 6.70. The molecule has 0 saturated heterocycles. The van der Waals surface area contributed by atoms with Crippen LogP contribution in [0.3, 0.4) is 0 Å². The SMILES string of the molecule is CCn1c(/C=C/C(=O)OCc2ccccc2)cnc1C. The third kappa shape index (κ3) is 3.57. The van der Waals surface area contributed by atoms with Gasteiger partial charge in [-0.1, -0.05) is 30.3 Å². The van der Waals surface area contributed by atoms with Crippen molar-refractivity contribution in [2.24, 2.45) is 0 Å². The van der Waals surface area contributed by atoms with Crippen LogP contribution < -0.4 is 0 Å². The summed E-state index contributed by atoms with van der Waals surface area (Å²) in [5, 5.41) is 0. The minimum Gasteiger partial charge on any atom is -0.458 e. The summed E-state index contributed by atoms with van der Waals surface area (Å²) in [6.07, 6.45) is 4.92. The second-order valence-electron chi connectivity index (χ2n) is 4.40. The molecule has 2 aromatic rings. The molecule has 0 aliphatic heterocycles. The largest absolute Gasteiger partial charge is 0.458 e. The van der Waals surface area contributed by atoms with E-state index in [0.717, 1.165) is 23.6 Å². The fourth-order valence-corrected chi connectivity index (χ4v) is 1.96. The van der Waals surface area contributed by atoms with Crippen LogP contribution in [0.4, 0.5) is 0 Å². The van der Waals surface area contributed by atoms with Gasteiger partial charge in [0.1, 0.15) is 12.4 Å². The molecule has 0 spiro atoms. The number of aryl methyl sites for hydroxylation is 1. The van der Waals surface area contributed by atoms with Crippen molar-refractivity contribution >= 4 is 12.0 Å². The standard InChI is InChI=1S/C16H18N2O2/c1-3-18-13(2)17-11-15(18)9-10-16(19)20-12-14-7-5-4-6-8-14/h4-11H,3,12H2,1-2H3/b10-9+. The Morgan fingerprint density at radius 1 is 1.35 bits per heavy atom. The normalized spacial score (nSPS) is 10.9. The second-order valence-corrected chi connectivity index (χ2v) is 4.40. The summed E-state index contributed by atoms with van der Waals surface area (Å²) in [6, 6.07) is 9.61. The first-order valence-corrected chi connectivity index (χ1v) is 6.61. The smallest absolute Gasteiger partial charge is 0.331 e. The quantitative estimate of drug-likeness (QED) is 0.619. The number of aromatic nitrogens is 2. The van der Waals surface area contributed by atoms with Gasteiger partial charge in [-0.3, -0.25) is 0 Å². The highest BCUT2D eigenvalue weighted by Crippen LogP contribution is 2.07. The van der Waals surface area contributed by atoms with Gasteiger partial charge in [0.25, 0.3) is 0 Å². The Morgan fingerprint density at radius 2 is 2.10 bits per heavy atom. The summed E-state index contributed by atoms with van der Waals surface area (Å²) in [5.74, 6) is 0.583. The summed E-state index contributed by atoms with van der Waals surface area (Å²) < 4.78 is 7.20. The number of ether oxygens (including phenoxy) is 1. The Hall–Kier alpha value is -2.36. The molecular formula is C16H18N2O2. The van der Waals surface area contributed by atoms with Gasteiger partial charge in [0, 0.05) is 12.6 Å². The molecule has 0 aliphatic rings. The van der Waals surface area contributed by atoms with Gasteiger partial charge in [0.05, 0.1) is 11.9 Å². The first-order chi connectivity index (χ1) is 9.70. The van der Waals surface area contributed by atoms with Gasteiger partial charge in [-0.25, -0.2) is 9.78 Å². The first-order valence-electron chi connectivity index (χ1n) is 6.61. The van der Waals surface area contributed by atoms with Crippen LogP contribution in [0.5, 0.6) is 0 Å². The Kier molecular flexibility index (Phi) is 4.71. The number of hydrogen-bond acceptors (Lipinski definition) is 3. The lowest BCUT2D eigenvalue weighted by Crippen LogP contribution is -2.02. The van der Waals surface area contributed by atoms with Gasteiger partial charge in [-0.2, -0.15) is 0 Å². The van der Waals surface area contributed by atoms with Crippen LogP contribution in [0.2, 0.25) is 0 Å². The third-order valence-electron chi connectivity index (χ3n) is 3.02. The zero-order valence-corrected chi connectivity index (χ0v) is 11.7. The molecule has 2 rings (SSSR count). The number of benzene rings is 1. The molecule has 0 radical (unpaired) electrons. The Balaban J connectivity index is 1.92. The molecule has 0 atom stereocenters. The molecule has 1 aromatic heterocycles. The van der Waals surface area contributed by atoms with Crippen molar-refractivity contribution in [2.75, 3.05) is 0 Å². The van der Waals surface area contributed by atoms with Gasteiger partial charge in [0.15, 0.2) is 0 Å². The van der Waals surface area contributed by atoms with Gasteiger partial charge >= 0.3 is 5.97 Å². The van der Waals surface area contributed by atoms with E-state index in [4.69, 9.17) is 4.74 Å². The molecule has 104 valence electrons. The average molecular weight is 270 g/mol. The molecule has 0 aliphatic carbocycles. The molecule has 0 saturated carbocycles. The van der Waals surface area contributed by atoms with Gasteiger partial charge < -0.3 is 9.30 Å². The molecule has 1 aromatic carbocycles. The van der Waals surface area contributed by atoms with Crippen molar-refractivity contribution in [3.8, 4) is 0 Å². The van der Waals surface area contributed by atoms with E-state index in [1.165, 1.54) is 6.08 Å². The van der Waals surface area contributed by atoms with Gasteiger partial charge in [-0.15, -0.1) is 0 Å². The summed E-state index contributed by atoms with van der Waals surface area (Å²) in [6.45, 7) is 5.09. The number of hydrogen-bond donors (Lipinski definition) is 0. The van der Waals surface area contributed by atoms with Crippen LogP contribution in [-0.2, 0) is 22.7 Å². The summed E-state index contributed by atoms with van der Waals surface area (Å²) in [5.41, 5.74) is 1.88. The van der Waals surface area contributed by atoms with E-state index in [2.05, 4.69) is 4.98 Å². The van der Waals surface area contributed by atoms with Gasteiger partial charge in [0.2, 0.25) is 0 Å². The molecule has 1 heterocycles. The summed E-state index contributed by atoms with van der Waals surface area (Å²) in [7, 11) is 0. The summed E-state index contributed by atoms with van der Waals surface area (Å²) >= 11 is 0. The highest BCUT2D eigenvalue weighted by molar-refractivity contribution is 5.86. The topological polar surface area (TPSA) is 44.1 Å². The summed E-state index contributed by atoms with van der Waals surface area (Å²) in [4.78, 5) is 15.9. The lowest BCUT2D eigenvalue weighted by atomic mass is 10.2. The first kappa shape index (κ1) is 14.1. The predicted octanol–water partition coefficient (Wildman–Crippen LogP) is 2.97. The molecule has 20 heavy (non-hydrogen) atoms. The van der Waals surface area contributed by atoms with Crippen molar-refractivity contribution in [1.29, 1.82) is 0 Å². The number of carbonyl (C=O) groups excluding carboxylic acids is 1. The molecule has 0 bridgehead atoms.